The number of benzene rings is 1. The first kappa shape index (κ1) is 16.3. The molecule has 1 saturated heterocycles. The number of carbonyl (C=O) groups is 1. The Balaban J connectivity index is 1.61. The summed E-state index contributed by atoms with van der Waals surface area (Å²) in [6.07, 6.45) is 1.75. The zero-order valence-corrected chi connectivity index (χ0v) is 15.5. The molecule has 6 rings (SSSR count). The molecule has 2 aliphatic heterocycles. The summed E-state index contributed by atoms with van der Waals surface area (Å²) in [7, 11) is 2.23. The second-order valence-corrected chi connectivity index (χ2v) is 9.76. The lowest BCUT2D eigenvalue weighted by Gasteiger charge is -2.64. The van der Waals surface area contributed by atoms with Crippen molar-refractivity contribution in [2.45, 2.75) is 61.4 Å². The highest BCUT2D eigenvalue weighted by Crippen LogP contribution is 2.65. The minimum atomic E-state index is -1.22. The molecule has 5 aliphatic rings. The number of phenolic OH excluding ortho intramolecular Hbond substituents is 1. The molecule has 1 unspecified atom stereocenters. The van der Waals surface area contributed by atoms with Gasteiger partial charge >= 0.3 is 0 Å². The Labute approximate surface area is 158 Å². The van der Waals surface area contributed by atoms with E-state index in [1.807, 2.05) is 6.07 Å². The zero-order valence-electron chi connectivity index (χ0n) is 15.5. The Morgan fingerprint density at radius 3 is 2.85 bits per heavy atom. The fourth-order valence-electron chi connectivity index (χ4n) is 6.95. The molecule has 0 radical (unpaired) electrons. The third-order valence-electron chi connectivity index (χ3n) is 8.32. The van der Waals surface area contributed by atoms with Crippen molar-refractivity contribution in [3.05, 3.63) is 23.3 Å². The summed E-state index contributed by atoms with van der Waals surface area (Å²) in [5.41, 5.74) is -0.163. The minimum absolute atomic E-state index is 0.0152. The Hall–Kier alpha value is -1.63. The molecule has 6 heteroatoms. The molecule has 6 nitrogen and oxygen atoms in total. The van der Waals surface area contributed by atoms with Crippen LogP contribution in [0.15, 0.2) is 12.1 Å². The molecular formula is C21H26NO5+. The van der Waals surface area contributed by atoms with Crippen LogP contribution in [-0.2, 0) is 16.6 Å². The Morgan fingerprint density at radius 1 is 1.33 bits per heavy atom. The number of ether oxygens (including phenoxy) is 1. The van der Waals surface area contributed by atoms with Crippen LogP contribution in [0.5, 0.6) is 11.5 Å². The number of nitrogens with zero attached hydrogens (tertiary/aromatic N) is 1. The summed E-state index contributed by atoms with van der Waals surface area (Å²) in [4.78, 5) is 12.9. The summed E-state index contributed by atoms with van der Waals surface area (Å²) < 4.78 is 6.78. The maximum Gasteiger partial charge on any atom is 0.202 e. The van der Waals surface area contributed by atoms with Crippen molar-refractivity contribution in [1.82, 2.24) is 0 Å². The topological polar surface area (TPSA) is 87.0 Å². The van der Waals surface area contributed by atoms with E-state index in [1.165, 1.54) is 12.8 Å². The van der Waals surface area contributed by atoms with Gasteiger partial charge in [0.05, 0.1) is 25.6 Å². The van der Waals surface area contributed by atoms with Gasteiger partial charge in [-0.15, -0.1) is 0 Å². The van der Waals surface area contributed by atoms with E-state index in [2.05, 4.69) is 7.05 Å². The summed E-state index contributed by atoms with van der Waals surface area (Å²) in [6.45, 7) is 1.92. The zero-order chi connectivity index (χ0) is 18.8. The third kappa shape index (κ3) is 1.71. The van der Waals surface area contributed by atoms with E-state index in [1.54, 1.807) is 6.07 Å². The number of likely N-dealkylation sites (tertiary alicyclic amines) is 1. The quantitative estimate of drug-likeness (QED) is 0.664. The molecular weight excluding hydrogens is 346 g/mol. The predicted octanol–water partition coefficient (Wildman–Crippen LogP) is 0.641. The number of hydrogen-bond acceptors (Lipinski definition) is 5. The van der Waals surface area contributed by atoms with E-state index >= 15 is 0 Å². The van der Waals surface area contributed by atoms with E-state index in [4.69, 9.17) is 4.74 Å². The molecule has 3 aliphatic carbocycles. The molecule has 1 aromatic rings. The van der Waals surface area contributed by atoms with Gasteiger partial charge in [0.1, 0.15) is 17.7 Å². The number of piperidine rings is 1. The van der Waals surface area contributed by atoms with Crippen molar-refractivity contribution in [1.29, 1.82) is 0 Å². The first-order chi connectivity index (χ1) is 12.8. The molecule has 2 bridgehead atoms. The number of ketones is 1. The molecule has 0 amide bonds. The summed E-state index contributed by atoms with van der Waals surface area (Å²) in [5.74, 6) is 0.715. The largest absolute Gasteiger partial charge is 0.504 e. The van der Waals surface area contributed by atoms with Crippen molar-refractivity contribution in [2.24, 2.45) is 5.92 Å². The van der Waals surface area contributed by atoms with Crippen molar-refractivity contribution < 1.29 is 29.3 Å². The molecule has 6 atom stereocenters. The number of aromatic hydroxyl groups is 1. The number of rotatable bonds is 2. The number of quaternary nitrogens is 1. The van der Waals surface area contributed by atoms with Gasteiger partial charge in [-0.2, -0.15) is 0 Å². The second-order valence-electron chi connectivity index (χ2n) is 9.76. The van der Waals surface area contributed by atoms with E-state index < -0.39 is 23.2 Å². The van der Waals surface area contributed by atoms with Crippen LogP contribution in [0.4, 0.5) is 0 Å². The van der Waals surface area contributed by atoms with Crippen molar-refractivity contribution in [2.75, 3.05) is 20.1 Å². The fourth-order valence-corrected chi connectivity index (χ4v) is 6.95. The average molecular weight is 372 g/mol. The number of phenols is 1. The van der Waals surface area contributed by atoms with Crippen molar-refractivity contribution in [3.63, 3.8) is 0 Å². The normalized spacial score (nSPS) is 46.8. The number of aliphatic hydroxyl groups excluding tert-OH is 1. The maximum atomic E-state index is 12.9. The minimum Gasteiger partial charge on any atom is -0.504 e. The van der Waals surface area contributed by atoms with Crippen LogP contribution < -0.4 is 4.74 Å². The Morgan fingerprint density at radius 2 is 2.11 bits per heavy atom. The third-order valence-corrected chi connectivity index (χ3v) is 8.32. The Kier molecular flexibility index (Phi) is 2.83. The SMILES string of the molecule is C[N@+]1(CC2CC2)CC[C@]23c4c5ccc(O)c4O[C@H]2C(=O)C(O)C[C@@]3(O)[C@@H]1C5. The molecule has 1 aromatic carbocycles. The molecule has 0 aromatic heterocycles. The van der Waals surface area contributed by atoms with Crippen LogP contribution in [0.1, 0.15) is 36.8 Å². The Bertz CT molecular complexity index is 882. The van der Waals surface area contributed by atoms with Crippen LogP contribution >= 0.6 is 0 Å². The van der Waals surface area contributed by atoms with Crippen molar-refractivity contribution >= 4 is 5.78 Å². The van der Waals surface area contributed by atoms with E-state index in [0.29, 0.717) is 18.6 Å². The van der Waals surface area contributed by atoms with Gasteiger partial charge in [0, 0.05) is 30.7 Å². The molecule has 2 saturated carbocycles. The van der Waals surface area contributed by atoms with Crippen LogP contribution in [0, 0.1) is 5.92 Å². The first-order valence-corrected chi connectivity index (χ1v) is 10.1. The molecule has 3 fully saturated rings. The molecule has 2 heterocycles. The number of hydrogen-bond donors (Lipinski definition) is 3. The number of Topliss-reactive ketones (excluding diaryl/α,β-unsaturated/α-hetero) is 1. The van der Waals surface area contributed by atoms with Gasteiger partial charge in [0.15, 0.2) is 17.6 Å². The molecule has 3 N–H and O–H groups in total. The van der Waals surface area contributed by atoms with Gasteiger partial charge in [-0.1, -0.05) is 6.07 Å². The fraction of sp³-hybridized carbons (Fsp3) is 0.667. The highest BCUT2D eigenvalue weighted by Gasteiger charge is 2.78. The molecule has 1 spiro atoms. The van der Waals surface area contributed by atoms with Gasteiger partial charge in [-0.25, -0.2) is 0 Å². The maximum absolute atomic E-state index is 12.9. The lowest BCUT2D eigenvalue weighted by Crippen LogP contribution is -2.82. The van der Waals surface area contributed by atoms with Crippen LogP contribution in [-0.4, -0.2) is 69.6 Å². The lowest BCUT2D eigenvalue weighted by atomic mass is 9.48. The summed E-state index contributed by atoms with van der Waals surface area (Å²) >= 11 is 0. The average Bonchev–Trinajstić information content (AvgIpc) is 3.34. The van der Waals surface area contributed by atoms with Crippen LogP contribution in [0.2, 0.25) is 0 Å². The van der Waals surface area contributed by atoms with E-state index in [-0.39, 0.29) is 24.0 Å². The molecule has 144 valence electrons. The smallest absolute Gasteiger partial charge is 0.202 e. The lowest BCUT2D eigenvalue weighted by molar-refractivity contribution is -0.950. The monoisotopic (exact) mass is 372 g/mol. The van der Waals surface area contributed by atoms with Crippen LogP contribution in [0.25, 0.3) is 0 Å². The van der Waals surface area contributed by atoms with Crippen LogP contribution in [0.3, 0.4) is 0 Å². The van der Waals surface area contributed by atoms with Crippen molar-refractivity contribution in [3.8, 4) is 11.5 Å². The predicted molar refractivity (Wildman–Crippen MR) is 95.5 cm³/mol. The van der Waals surface area contributed by atoms with Gasteiger partial charge in [-0.3, -0.25) is 4.79 Å². The summed E-state index contributed by atoms with van der Waals surface area (Å²) in [5, 5.41) is 33.1. The van der Waals surface area contributed by atoms with E-state index in [0.717, 1.165) is 34.6 Å². The highest BCUT2D eigenvalue weighted by atomic mass is 16.5. The highest BCUT2D eigenvalue weighted by molar-refractivity contribution is 5.93. The first-order valence-electron chi connectivity index (χ1n) is 10.1. The molecule has 27 heavy (non-hydrogen) atoms. The van der Waals surface area contributed by atoms with Gasteiger partial charge in [-0.05, 0) is 24.5 Å². The number of likely N-dealkylation sites (N-methyl/N-ethyl adjacent to an activating group) is 1. The number of carbonyl (C=O) groups excluding carboxylic acids is 1. The standard InChI is InChI=1S/C21H25NO5/c1-22(10-11-2-3-11)7-6-20-16-12-4-5-13(23)18(16)27-19(20)17(25)14(24)9-21(20,26)15(22)8-12/h4-5,11,14-15,19,24,26H,2-3,6-10H2,1H3/p+1/t14?,15-,19-,20-,21+,22+/m0/s1. The van der Waals surface area contributed by atoms with Gasteiger partial charge < -0.3 is 24.5 Å². The number of aliphatic hydroxyl groups is 2. The summed E-state index contributed by atoms with van der Waals surface area (Å²) in [6, 6.07) is 3.48. The van der Waals surface area contributed by atoms with Gasteiger partial charge in [0.2, 0.25) is 5.78 Å². The second kappa shape index (κ2) is 4.67. The van der Waals surface area contributed by atoms with E-state index in [9.17, 15) is 20.1 Å². The van der Waals surface area contributed by atoms with Gasteiger partial charge in [0.25, 0.3) is 0 Å².